The van der Waals surface area contributed by atoms with Gasteiger partial charge in [-0.15, -0.1) is 0 Å². The molecule has 4 rings (SSSR count). The van der Waals surface area contributed by atoms with Crippen molar-refractivity contribution in [2.24, 2.45) is 4.99 Å². The number of halogens is 2. The van der Waals surface area contributed by atoms with E-state index in [1.54, 1.807) is 12.3 Å². The van der Waals surface area contributed by atoms with Gasteiger partial charge in [-0.3, -0.25) is 9.89 Å². The molecule has 24 heavy (non-hydrogen) atoms. The topological polar surface area (TPSA) is 44.3 Å². The fourth-order valence-corrected chi connectivity index (χ4v) is 3.24. The second-order valence-corrected chi connectivity index (χ2v) is 6.23. The van der Waals surface area contributed by atoms with Gasteiger partial charge in [0.2, 0.25) is 0 Å². The maximum atomic E-state index is 6.44. The van der Waals surface area contributed by atoms with Crippen molar-refractivity contribution in [3.8, 4) is 0 Å². The normalized spacial score (nSPS) is 14.8. The third-order valence-electron chi connectivity index (χ3n) is 3.97. The second kappa shape index (κ2) is 6.30. The van der Waals surface area contributed by atoms with Gasteiger partial charge in [-0.2, -0.15) is 0 Å². The molecule has 3 aromatic rings. The third kappa shape index (κ3) is 2.58. The molecule has 3 heterocycles. The molecule has 1 aliphatic rings. The lowest BCUT2D eigenvalue weighted by Gasteiger charge is -2.23. The fraction of sp³-hybridized carbons (Fsp3) is 0.111. The number of pyridine rings is 1. The Bertz CT molecular complexity index is 959. The van der Waals surface area contributed by atoms with Crippen molar-refractivity contribution in [2.45, 2.75) is 6.42 Å². The van der Waals surface area contributed by atoms with Crippen molar-refractivity contribution in [2.75, 3.05) is 11.4 Å². The van der Waals surface area contributed by atoms with E-state index in [0.29, 0.717) is 10.0 Å². The number of hydrogen-bond donors (Lipinski definition) is 1. The van der Waals surface area contributed by atoms with Gasteiger partial charge < -0.3 is 4.98 Å². The van der Waals surface area contributed by atoms with E-state index in [2.05, 4.69) is 27.1 Å². The minimum absolute atomic E-state index is 0.511. The molecule has 0 fully saturated rings. The van der Waals surface area contributed by atoms with Crippen LogP contribution in [0.5, 0.6) is 0 Å². The molecule has 0 radical (unpaired) electrons. The Labute approximate surface area is 149 Å². The number of hydrogen-bond acceptors (Lipinski definition) is 3. The Balaban J connectivity index is 1.90. The van der Waals surface area contributed by atoms with Gasteiger partial charge in [-0.1, -0.05) is 35.3 Å². The van der Waals surface area contributed by atoms with Crippen LogP contribution in [-0.2, 0) is 0 Å². The summed E-state index contributed by atoms with van der Waals surface area (Å²) < 4.78 is 0. The van der Waals surface area contributed by atoms with Crippen molar-refractivity contribution in [3.63, 3.8) is 0 Å². The van der Waals surface area contributed by atoms with Gasteiger partial charge in [-0.25, -0.2) is 4.98 Å². The standard InChI is InChI=1S/C18H14Cl2N4/c19-14-5-1-6-16(17(14)20)24-11-21-8-3-7-15(24)13-10-23-18-12(13)4-2-9-22-18/h1-2,4-7,9-11H,3,8H2,(H,22,23). The van der Waals surface area contributed by atoms with Crippen LogP contribution in [0.25, 0.3) is 16.7 Å². The number of nitrogens with one attached hydrogen (secondary N) is 1. The minimum atomic E-state index is 0.511. The average Bonchev–Trinajstić information content (AvgIpc) is 2.88. The van der Waals surface area contributed by atoms with Crippen LogP contribution in [0.3, 0.4) is 0 Å². The molecular formula is C18H14Cl2N4. The van der Waals surface area contributed by atoms with Crippen LogP contribution in [0.15, 0.2) is 53.8 Å². The van der Waals surface area contributed by atoms with E-state index in [4.69, 9.17) is 23.2 Å². The molecule has 0 atom stereocenters. The number of nitrogens with zero attached hydrogens (tertiary/aromatic N) is 3. The highest BCUT2D eigenvalue weighted by Crippen LogP contribution is 2.37. The summed E-state index contributed by atoms with van der Waals surface area (Å²) in [7, 11) is 0. The van der Waals surface area contributed by atoms with Gasteiger partial charge in [0.1, 0.15) is 5.65 Å². The summed E-state index contributed by atoms with van der Waals surface area (Å²) in [5, 5.41) is 2.09. The quantitative estimate of drug-likeness (QED) is 0.689. The first kappa shape index (κ1) is 15.2. The number of rotatable bonds is 2. The maximum Gasteiger partial charge on any atom is 0.137 e. The molecule has 4 nitrogen and oxygen atoms in total. The molecule has 0 saturated carbocycles. The van der Waals surface area contributed by atoms with Gasteiger partial charge in [0.25, 0.3) is 0 Å². The first-order valence-electron chi connectivity index (χ1n) is 7.61. The largest absolute Gasteiger partial charge is 0.345 e. The maximum absolute atomic E-state index is 6.44. The molecule has 2 aromatic heterocycles. The van der Waals surface area contributed by atoms with E-state index in [1.165, 1.54) is 0 Å². The van der Waals surface area contributed by atoms with E-state index in [9.17, 15) is 0 Å². The van der Waals surface area contributed by atoms with E-state index in [1.807, 2.05) is 35.6 Å². The van der Waals surface area contributed by atoms with Gasteiger partial charge in [-0.05, 0) is 30.7 Å². The zero-order valence-electron chi connectivity index (χ0n) is 12.7. The van der Waals surface area contributed by atoms with Gasteiger partial charge in [0, 0.05) is 29.9 Å². The number of anilines is 1. The summed E-state index contributed by atoms with van der Waals surface area (Å²) in [6, 6.07) is 9.58. The Morgan fingerprint density at radius 3 is 2.96 bits per heavy atom. The molecule has 0 unspecified atom stereocenters. The molecule has 0 amide bonds. The lowest BCUT2D eigenvalue weighted by Crippen LogP contribution is -2.19. The van der Waals surface area contributed by atoms with Crippen LogP contribution in [0.4, 0.5) is 5.69 Å². The van der Waals surface area contributed by atoms with Crippen molar-refractivity contribution >= 4 is 52.0 Å². The molecule has 6 heteroatoms. The SMILES string of the molecule is Clc1cccc(N2C=NCCC=C2c2c[nH]c3ncccc23)c1Cl. The second-order valence-electron chi connectivity index (χ2n) is 5.44. The van der Waals surface area contributed by atoms with Crippen LogP contribution < -0.4 is 4.90 Å². The predicted molar refractivity (Wildman–Crippen MR) is 101 cm³/mol. The summed E-state index contributed by atoms with van der Waals surface area (Å²) in [5.41, 5.74) is 3.73. The predicted octanol–water partition coefficient (Wildman–Crippen LogP) is 5.15. The molecule has 0 spiro atoms. The smallest absolute Gasteiger partial charge is 0.137 e. The lowest BCUT2D eigenvalue weighted by atomic mass is 10.1. The Hall–Kier alpha value is -2.30. The fourth-order valence-electron chi connectivity index (χ4n) is 2.85. The number of aromatic amines is 1. The zero-order valence-corrected chi connectivity index (χ0v) is 14.2. The molecule has 0 bridgehead atoms. The molecule has 1 N–H and O–H groups in total. The van der Waals surface area contributed by atoms with Crippen LogP contribution in [0.1, 0.15) is 12.0 Å². The average molecular weight is 357 g/mol. The monoisotopic (exact) mass is 356 g/mol. The number of H-pyrrole nitrogens is 1. The number of fused-ring (bicyclic) bond motifs is 1. The van der Waals surface area contributed by atoms with Crippen molar-refractivity contribution in [1.29, 1.82) is 0 Å². The van der Waals surface area contributed by atoms with E-state index in [-0.39, 0.29) is 0 Å². The van der Waals surface area contributed by atoms with Crippen LogP contribution in [0, 0.1) is 0 Å². The summed E-state index contributed by atoms with van der Waals surface area (Å²) >= 11 is 12.6. The van der Waals surface area contributed by atoms with Crippen LogP contribution in [-0.4, -0.2) is 22.9 Å². The highest BCUT2D eigenvalue weighted by Gasteiger charge is 2.20. The number of aliphatic imine (C=N–C) groups is 1. The number of benzene rings is 1. The Kier molecular flexibility index (Phi) is 4.00. The van der Waals surface area contributed by atoms with E-state index >= 15 is 0 Å². The molecular weight excluding hydrogens is 343 g/mol. The summed E-state index contributed by atoms with van der Waals surface area (Å²) in [5.74, 6) is 0. The first-order chi connectivity index (χ1) is 11.8. The van der Waals surface area contributed by atoms with Gasteiger partial charge in [0.05, 0.1) is 27.8 Å². The molecule has 1 aromatic carbocycles. The molecule has 0 saturated heterocycles. The zero-order chi connectivity index (χ0) is 16.5. The van der Waals surface area contributed by atoms with Crippen LogP contribution in [0.2, 0.25) is 10.0 Å². The lowest BCUT2D eigenvalue weighted by molar-refractivity contribution is 1.02. The van der Waals surface area contributed by atoms with Crippen molar-refractivity contribution in [1.82, 2.24) is 9.97 Å². The van der Waals surface area contributed by atoms with Crippen molar-refractivity contribution < 1.29 is 0 Å². The number of aromatic nitrogens is 2. The minimum Gasteiger partial charge on any atom is -0.345 e. The highest BCUT2D eigenvalue weighted by molar-refractivity contribution is 6.44. The summed E-state index contributed by atoms with van der Waals surface area (Å²) in [6.45, 7) is 0.735. The molecule has 0 aliphatic carbocycles. The van der Waals surface area contributed by atoms with Crippen molar-refractivity contribution in [3.05, 3.63) is 64.4 Å². The molecule has 1 aliphatic heterocycles. The van der Waals surface area contributed by atoms with Gasteiger partial charge in [0.15, 0.2) is 0 Å². The summed E-state index contributed by atoms with van der Waals surface area (Å²) in [6.07, 6.45) is 8.57. The summed E-state index contributed by atoms with van der Waals surface area (Å²) in [4.78, 5) is 14.0. The highest BCUT2D eigenvalue weighted by atomic mass is 35.5. The van der Waals surface area contributed by atoms with E-state index < -0.39 is 0 Å². The Morgan fingerprint density at radius 2 is 2.04 bits per heavy atom. The van der Waals surface area contributed by atoms with E-state index in [0.717, 1.165) is 40.9 Å². The molecule has 120 valence electrons. The Morgan fingerprint density at radius 1 is 1.12 bits per heavy atom. The third-order valence-corrected chi connectivity index (χ3v) is 4.78. The van der Waals surface area contributed by atoms with Crippen LogP contribution >= 0.6 is 23.2 Å². The first-order valence-corrected chi connectivity index (χ1v) is 8.37. The van der Waals surface area contributed by atoms with Gasteiger partial charge >= 0.3 is 0 Å².